The normalized spacial score (nSPS) is 23.1. The number of alkyl halides is 3. The number of nitrogens with one attached hydrogen (secondary N) is 1. The molecule has 1 aliphatic carbocycles. The second kappa shape index (κ2) is 4.98. The summed E-state index contributed by atoms with van der Waals surface area (Å²) in [5.74, 6) is 0.421. The summed E-state index contributed by atoms with van der Waals surface area (Å²) >= 11 is 0. The molecule has 5 nitrogen and oxygen atoms in total. The highest BCUT2D eigenvalue weighted by Gasteiger charge is 2.37. The van der Waals surface area contributed by atoms with Crippen LogP contribution < -0.4 is 4.72 Å². The highest BCUT2D eigenvalue weighted by atomic mass is 32.2. The molecular formula is C12H16F3N3O2S. The average Bonchev–Trinajstić information content (AvgIpc) is 3.15. The lowest BCUT2D eigenvalue weighted by molar-refractivity contribution is -0.141. The van der Waals surface area contributed by atoms with E-state index in [2.05, 4.69) is 9.71 Å². The fourth-order valence-electron chi connectivity index (χ4n) is 2.55. The van der Waals surface area contributed by atoms with E-state index in [1.54, 1.807) is 0 Å². The van der Waals surface area contributed by atoms with Crippen molar-refractivity contribution in [1.82, 2.24) is 14.3 Å². The van der Waals surface area contributed by atoms with Gasteiger partial charge >= 0.3 is 6.18 Å². The highest BCUT2D eigenvalue weighted by molar-refractivity contribution is 7.90. The number of rotatable bonds is 4. The van der Waals surface area contributed by atoms with Crippen LogP contribution in [0.2, 0.25) is 0 Å². The Labute approximate surface area is 120 Å². The van der Waals surface area contributed by atoms with E-state index >= 15 is 0 Å². The van der Waals surface area contributed by atoms with Crippen molar-refractivity contribution >= 4 is 10.0 Å². The van der Waals surface area contributed by atoms with E-state index in [0.29, 0.717) is 38.1 Å². The molecule has 0 amide bonds. The lowest BCUT2D eigenvalue weighted by Crippen LogP contribution is -2.35. The maximum absolute atomic E-state index is 12.6. The van der Waals surface area contributed by atoms with Gasteiger partial charge in [-0.1, -0.05) is 0 Å². The van der Waals surface area contributed by atoms with Gasteiger partial charge in [-0.25, -0.2) is 18.1 Å². The molecule has 0 spiro atoms. The molecule has 1 unspecified atom stereocenters. The van der Waals surface area contributed by atoms with Crippen LogP contribution in [0.1, 0.15) is 30.8 Å². The molecule has 2 heterocycles. The number of hydrogen-bond donors (Lipinski definition) is 1. The molecule has 1 fully saturated rings. The lowest BCUT2D eigenvalue weighted by atomic mass is 10.00. The summed E-state index contributed by atoms with van der Waals surface area (Å²) < 4.78 is 65.4. The predicted octanol–water partition coefficient (Wildman–Crippen LogP) is 1.55. The largest absolute Gasteiger partial charge is 0.434 e. The first kappa shape index (κ1) is 14.8. The number of nitrogens with zero attached hydrogens (tertiary/aromatic N) is 2. The first-order valence-corrected chi connectivity index (χ1v) is 8.42. The van der Waals surface area contributed by atoms with Gasteiger partial charge in [0.2, 0.25) is 10.0 Å². The molecule has 1 N–H and O–H groups in total. The summed E-state index contributed by atoms with van der Waals surface area (Å²) in [5.41, 5.74) is -0.878. The maximum atomic E-state index is 12.6. The van der Waals surface area contributed by atoms with E-state index in [-0.39, 0.29) is 17.7 Å². The van der Waals surface area contributed by atoms with Crippen LogP contribution in [0, 0.1) is 5.92 Å². The van der Waals surface area contributed by atoms with Crippen LogP contribution in [0.25, 0.3) is 0 Å². The fourth-order valence-corrected chi connectivity index (χ4v) is 4.01. The van der Waals surface area contributed by atoms with Crippen LogP contribution in [-0.4, -0.2) is 29.8 Å². The van der Waals surface area contributed by atoms with E-state index in [9.17, 15) is 21.6 Å². The molecule has 118 valence electrons. The minimum absolute atomic E-state index is 0.00121. The molecule has 1 atom stereocenters. The van der Waals surface area contributed by atoms with E-state index in [1.165, 1.54) is 4.57 Å². The minimum Gasteiger partial charge on any atom is -0.334 e. The quantitative estimate of drug-likeness (QED) is 0.914. The molecule has 0 saturated heterocycles. The third kappa shape index (κ3) is 3.23. The van der Waals surface area contributed by atoms with Crippen molar-refractivity contribution in [3.05, 3.63) is 17.7 Å². The number of sulfonamides is 1. The number of halogens is 3. The van der Waals surface area contributed by atoms with Gasteiger partial charge in [-0.3, -0.25) is 0 Å². The Morgan fingerprint density at radius 1 is 1.33 bits per heavy atom. The lowest BCUT2D eigenvalue weighted by Gasteiger charge is -2.23. The van der Waals surface area contributed by atoms with Crippen molar-refractivity contribution in [2.75, 3.05) is 6.54 Å². The molecule has 0 aromatic carbocycles. The summed E-state index contributed by atoms with van der Waals surface area (Å²) in [5, 5.41) is -0.276. The first-order chi connectivity index (χ1) is 9.75. The van der Waals surface area contributed by atoms with Crippen molar-refractivity contribution in [3.63, 3.8) is 0 Å². The van der Waals surface area contributed by atoms with E-state index in [0.717, 1.165) is 6.20 Å². The monoisotopic (exact) mass is 323 g/mol. The van der Waals surface area contributed by atoms with Crippen LogP contribution in [0.5, 0.6) is 0 Å². The Bertz CT molecular complexity index is 635. The van der Waals surface area contributed by atoms with Gasteiger partial charge in [0, 0.05) is 25.7 Å². The Hall–Kier alpha value is -1.09. The maximum Gasteiger partial charge on any atom is 0.434 e. The third-order valence-corrected chi connectivity index (χ3v) is 5.84. The zero-order chi connectivity index (χ0) is 15.3. The van der Waals surface area contributed by atoms with Crippen LogP contribution >= 0.6 is 0 Å². The van der Waals surface area contributed by atoms with E-state index in [1.807, 2.05) is 0 Å². The van der Waals surface area contributed by atoms with Crippen LogP contribution in [0.4, 0.5) is 13.2 Å². The molecule has 1 aromatic heterocycles. The molecule has 1 aliphatic heterocycles. The van der Waals surface area contributed by atoms with Gasteiger partial charge < -0.3 is 4.57 Å². The molecule has 9 heteroatoms. The smallest absolute Gasteiger partial charge is 0.334 e. The molecular weight excluding hydrogens is 307 g/mol. The van der Waals surface area contributed by atoms with Gasteiger partial charge in [-0.05, 0) is 25.2 Å². The second-order valence-corrected chi connectivity index (χ2v) is 7.74. The van der Waals surface area contributed by atoms with Crippen molar-refractivity contribution in [2.24, 2.45) is 5.92 Å². The molecule has 0 bridgehead atoms. The van der Waals surface area contributed by atoms with Gasteiger partial charge in [0.15, 0.2) is 5.69 Å². The standard InChI is InChI=1S/C12H16F3N3O2S/c13-12(14,15)10-7-18-6-8(1-4-11(18)17-10)5-16-21(19,20)9-2-3-9/h7-9,16H,1-6H2. The van der Waals surface area contributed by atoms with Crippen LogP contribution in [-0.2, 0) is 29.2 Å². The molecule has 1 saturated carbocycles. The van der Waals surface area contributed by atoms with Gasteiger partial charge in [-0.2, -0.15) is 13.2 Å². The van der Waals surface area contributed by atoms with Crippen LogP contribution in [0.3, 0.4) is 0 Å². The number of imidazole rings is 1. The summed E-state index contributed by atoms with van der Waals surface area (Å²) in [6.07, 6.45) is -0.959. The number of aryl methyl sites for hydroxylation is 1. The summed E-state index contributed by atoms with van der Waals surface area (Å²) in [7, 11) is -3.24. The Morgan fingerprint density at radius 2 is 2.05 bits per heavy atom. The third-order valence-electron chi connectivity index (χ3n) is 3.92. The van der Waals surface area contributed by atoms with Gasteiger partial charge in [0.25, 0.3) is 0 Å². The molecule has 0 radical (unpaired) electrons. The Kier molecular flexibility index (Phi) is 3.52. The Morgan fingerprint density at radius 3 is 2.67 bits per heavy atom. The van der Waals surface area contributed by atoms with Gasteiger partial charge in [-0.15, -0.1) is 0 Å². The van der Waals surface area contributed by atoms with E-state index < -0.39 is 21.9 Å². The highest BCUT2D eigenvalue weighted by Crippen LogP contribution is 2.31. The van der Waals surface area contributed by atoms with Gasteiger partial charge in [0.05, 0.1) is 5.25 Å². The molecule has 3 rings (SSSR count). The molecule has 21 heavy (non-hydrogen) atoms. The summed E-state index contributed by atoms with van der Waals surface area (Å²) in [6, 6.07) is 0. The SMILES string of the molecule is O=S(=O)(NCC1CCc2nc(C(F)(F)F)cn2C1)C1CC1. The number of hydrogen-bond acceptors (Lipinski definition) is 3. The first-order valence-electron chi connectivity index (χ1n) is 6.87. The van der Waals surface area contributed by atoms with Crippen molar-refractivity contribution in [1.29, 1.82) is 0 Å². The van der Waals surface area contributed by atoms with Crippen LogP contribution in [0.15, 0.2) is 6.20 Å². The van der Waals surface area contributed by atoms with Gasteiger partial charge in [0.1, 0.15) is 5.82 Å². The number of aromatic nitrogens is 2. The topological polar surface area (TPSA) is 64.0 Å². The zero-order valence-electron chi connectivity index (χ0n) is 11.2. The minimum atomic E-state index is -4.44. The summed E-state index contributed by atoms with van der Waals surface area (Å²) in [4.78, 5) is 3.60. The predicted molar refractivity (Wildman–Crippen MR) is 69.0 cm³/mol. The van der Waals surface area contributed by atoms with E-state index in [4.69, 9.17) is 0 Å². The molecule has 1 aromatic rings. The zero-order valence-corrected chi connectivity index (χ0v) is 12.0. The second-order valence-electron chi connectivity index (χ2n) is 5.69. The average molecular weight is 323 g/mol. The molecule has 2 aliphatic rings. The van der Waals surface area contributed by atoms with Crippen molar-refractivity contribution in [3.8, 4) is 0 Å². The summed E-state index contributed by atoms with van der Waals surface area (Å²) in [6.45, 7) is 0.642. The Balaban J connectivity index is 1.63. The van der Waals surface area contributed by atoms with Crippen molar-refractivity contribution in [2.45, 2.75) is 43.7 Å². The fraction of sp³-hybridized carbons (Fsp3) is 0.750. The number of fused-ring (bicyclic) bond motifs is 1. The van der Waals surface area contributed by atoms with Crippen molar-refractivity contribution < 1.29 is 21.6 Å².